The van der Waals surface area contributed by atoms with Gasteiger partial charge in [-0.25, -0.2) is 0 Å². The lowest BCUT2D eigenvalue weighted by molar-refractivity contribution is 0.0988. The van der Waals surface area contributed by atoms with E-state index in [-0.39, 0.29) is 0 Å². The van der Waals surface area contributed by atoms with Gasteiger partial charge in [0.2, 0.25) is 0 Å². The molecular formula is C19H34ClN. The van der Waals surface area contributed by atoms with Gasteiger partial charge in [-0.3, -0.25) is 4.90 Å². The van der Waals surface area contributed by atoms with E-state index < -0.39 is 0 Å². The molecule has 21 heavy (non-hydrogen) atoms. The van der Waals surface area contributed by atoms with E-state index in [2.05, 4.69) is 30.9 Å². The Labute approximate surface area is 137 Å². The number of hydrogen-bond acceptors (Lipinski definition) is 1. The fourth-order valence-corrected chi connectivity index (χ4v) is 4.73. The molecule has 1 aliphatic carbocycles. The van der Waals surface area contributed by atoms with Gasteiger partial charge >= 0.3 is 0 Å². The fraction of sp³-hybridized carbons (Fsp3) is 0.895. The molecule has 1 nitrogen and oxygen atoms in total. The zero-order valence-electron chi connectivity index (χ0n) is 14.1. The van der Waals surface area contributed by atoms with Crippen molar-refractivity contribution in [2.45, 2.75) is 89.5 Å². The summed E-state index contributed by atoms with van der Waals surface area (Å²) in [6.07, 6.45) is 18.3. The van der Waals surface area contributed by atoms with Gasteiger partial charge in [-0.1, -0.05) is 38.3 Å². The first kappa shape index (κ1) is 17.3. The Kier molecular flexibility index (Phi) is 7.08. The molecular weight excluding hydrogens is 278 g/mol. The molecule has 0 spiro atoms. The third-order valence-corrected chi connectivity index (χ3v) is 6.30. The van der Waals surface area contributed by atoms with Crippen LogP contribution in [0.15, 0.2) is 12.2 Å². The van der Waals surface area contributed by atoms with Gasteiger partial charge < -0.3 is 0 Å². The van der Waals surface area contributed by atoms with Crippen molar-refractivity contribution in [2.24, 2.45) is 5.41 Å². The molecule has 2 heteroatoms. The Hall–Kier alpha value is -0.0100. The van der Waals surface area contributed by atoms with E-state index in [1.165, 1.54) is 70.9 Å². The third-order valence-electron chi connectivity index (χ3n) is 5.79. The standard InChI is InChI=1S/C19H34ClN/c1-3-5-9-18-17(20)10-16-21(18)15-7-6-12-19(11-4-2)13-8-14-19/h3,5,17-18H,4,6-16H2,1-2H3/b5-3-/t17?,18-/m0/s1. The van der Waals surface area contributed by atoms with Crippen LogP contribution in [0.5, 0.6) is 0 Å². The number of alkyl halides is 1. The van der Waals surface area contributed by atoms with E-state index in [1.807, 2.05) is 0 Å². The zero-order valence-corrected chi connectivity index (χ0v) is 14.9. The van der Waals surface area contributed by atoms with Crippen LogP contribution in [0.4, 0.5) is 0 Å². The highest BCUT2D eigenvalue weighted by Crippen LogP contribution is 2.48. The van der Waals surface area contributed by atoms with Crippen molar-refractivity contribution >= 4 is 11.6 Å². The van der Waals surface area contributed by atoms with Gasteiger partial charge in [0.25, 0.3) is 0 Å². The molecule has 0 aromatic carbocycles. The van der Waals surface area contributed by atoms with Crippen molar-refractivity contribution in [1.82, 2.24) is 4.90 Å². The number of rotatable bonds is 9. The highest BCUT2D eigenvalue weighted by Gasteiger charge is 2.35. The van der Waals surface area contributed by atoms with Crippen LogP contribution in [-0.2, 0) is 0 Å². The molecule has 0 aromatic heterocycles. The van der Waals surface area contributed by atoms with Crippen molar-refractivity contribution in [2.75, 3.05) is 13.1 Å². The maximum Gasteiger partial charge on any atom is 0.0506 e. The lowest BCUT2D eigenvalue weighted by atomic mass is 9.63. The van der Waals surface area contributed by atoms with Crippen molar-refractivity contribution < 1.29 is 0 Å². The first-order chi connectivity index (χ1) is 10.2. The van der Waals surface area contributed by atoms with Crippen LogP contribution in [0.1, 0.15) is 78.1 Å². The van der Waals surface area contributed by atoms with Gasteiger partial charge in [-0.05, 0) is 70.4 Å². The molecule has 0 N–H and O–H groups in total. The summed E-state index contributed by atoms with van der Waals surface area (Å²) in [6, 6.07) is 0.580. The van der Waals surface area contributed by atoms with Crippen LogP contribution < -0.4 is 0 Å². The maximum atomic E-state index is 6.49. The topological polar surface area (TPSA) is 3.24 Å². The fourth-order valence-electron chi connectivity index (χ4n) is 4.37. The van der Waals surface area contributed by atoms with Gasteiger partial charge in [0.1, 0.15) is 0 Å². The van der Waals surface area contributed by atoms with Gasteiger partial charge in [0.05, 0.1) is 5.38 Å². The molecule has 1 saturated heterocycles. The van der Waals surface area contributed by atoms with E-state index in [0.717, 1.165) is 11.8 Å². The Morgan fingerprint density at radius 2 is 2.05 bits per heavy atom. The number of hydrogen-bond donors (Lipinski definition) is 0. The lowest BCUT2D eigenvalue weighted by Gasteiger charge is -2.42. The molecule has 0 aromatic rings. The zero-order chi connectivity index (χ0) is 15.1. The first-order valence-corrected chi connectivity index (χ1v) is 9.64. The predicted octanol–water partition coefficient (Wildman–Crippen LogP) is 5.78. The highest BCUT2D eigenvalue weighted by molar-refractivity contribution is 6.21. The summed E-state index contributed by atoms with van der Waals surface area (Å²) < 4.78 is 0. The SMILES string of the molecule is C/C=C\C[C@H]1C(Cl)CCN1CCCCC1(CCC)CCC1. The second-order valence-electron chi connectivity index (χ2n) is 7.27. The van der Waals surface area contributed by atoms with Crippen LogP contribution >= 0.6 is 11.6 Å². The summed E-state index contributed by atoms with van der Waals surface area (Å²) in [5.41, 5.74) is 0.749. The van der Waals surface area contributed by atoms with Crippen LogP contribution in [0, 0.1) is 5.41 Å². The number of nitrogens with zero attached hydrogens (tertiary/aromatic N) is 1. The molecule has 1 aliphatic heterocycles. The predicted molar refractivity (Wildman–Crippen MR) is 94.1 cm³/mol. The largest absolute Gasteiger partial charge is 0.299 e. The smallest absolute Gasteiger partial charge is 0.0506 e. The van der Waals surface area contributed by atoms with E-state index in [9.17, 15) is 0 Å². The van der Waals surface area contributed by atoms with Crippen molar-refractivity contribution in [3.63, 3.8) is 0 Å². The van der Waals surface area contributed by atoms with Crippen molar-refractivity contribution in [3.8, 4) is 0 Å². The molecule has 2 atom stereocenters. The molecule has 2 fully saturated rings. The number of allylic oxidation sites excluding steroid dienone is 1. The molecule has 1 heterocycles. The Bertz CT molecular complexity index is 322. The van der Waals surface area contributed by atoms with Crippen LogP contribution in [0.3, 0.4) is 0 Å². The molecule has 0 radical (unpaired) electrons. The first-order valence-electron chi connectivity index (χ1n) is 9.20. The van der Waals surface area contributed by atoms with Crippen LogP contribution in [0.2, 0.25) is 0 Å². The van der Waals surface area contributed by atoms with Gasteiger partial charge in [-0.2, -0.15) is 0 Å². The summed E-state index contributed by atoms with van der Waals surface area (Å²) in [6.45, 7) is 6.91. The van der Waals surface area contributed by atoms with Gasteiger partial charge in [0.15, 0.2) is 0 Å². The van der Waals surface area contributed by atoms with E-state index in [0.29, 0.717) is 11.4 Å². The van der Waals surface area contributed by atoms with E-state index in [4.69, 9.17) is 11.6 Å². The lowest BCUT2D eigenvalue weighted by Crippen LogP contribution is -2.34. The molecule has 122 valence electrons. The minimum atomic E-state index is 0.360. The summed E-state index contributed by atoms with van der Waals surface area (Å²) in [5.74, 6) is 0. The van der Waals surface area contributed by atoms with E-state index >= 15 is 0 Å². The number of unbranched alkanes of at least 4 members (excludes halogenated alkanes) is 1. The second-order valence-corrected chi connectivity index (χ2v) is 7.83. The summed E-state index contributed by atoms with van der Waals surface area (Å²) in [7, 11) is 0. The average molecular weight is 312 g/mol. The number of halogens is 1. The van der Waals surface area contributed by atoms with Crippen LogP contribution in [-0.4, -0.2) is 29.4 Å². The summed E-state index contributed by atoms with van der Waals surface area (Å²) >= 11 is 6.49. The van der Waals surface area contributed by atoms with E-state index in [1.54, 1.807) is 0 Å². The average Bonchev–Trinajstić information content (AvgIpc) is 2.79. The van der Waals surface area contributed by atoms with Gasteiger partial charge in [0, 0.05) is 6.04 Å². The Morgan fingerprint density at radius 3 is 2.67 bits per heavy atom. The van der Waals surface area contributed by atoms with Crippen molar-refractivity contribution in [3.05, 3.63) is 12.2 Å². The van der Waals surface area contributed by atoms with Crippen molar-refractivity contribution in [1.29, 1.82) is 0 Å². The monoisotopic (exact) mass is 311 g/mol. The molecule has 1 unspecified atom stereocenters. The number of likely N-dealkylation sites (tertiary alicyclic amines) is 1. The maximum absolute atomic E-state index is 6.49. The molecule has 1 saturated carbocycles. The third kappa shape index (κ3) is 4.73. The summed E-state index contributed by atoms with van der Waals surface area (Å²) in [4.78, 5) is 2.64. The normalized spacial score (nSPS) is 29.1. The molecule has 2 rings (SSSR count). The Morgan fingerprint density at radius 1 is 1.24 bits per heavy atom. The molecule has 2 aliphatic rings. The highest BCUT2D eigenvalue weighted by atomic mass is 35.5. The summed E-state index contributed by atoms with van der Waals surface area (Å²) in [5, 5.41) is 0.360. The quantitative estimate of drug-likeness (QED) is 0.296. The van der Waals surface area contributed by atoms with Crippen LogP contribution in [0.25, 0.3) is 0 Å². The minimum Gasteiger partial charge on any atom is -0.299 e. The molecule has 0 bridgehead atoms. The minimum absolute atomic E-state index is 0.360. The Balaban J connectivity index is 1.67. The molecule has 0 amide bonds. The van der Waals surface area contributed by atoms with Gasteiger partial charge in [-0.15, -0.1) is 11.6 Å². The second kappa shape index (κ2) is 8.58.